The molecule has 1 heterocycles. The number of methoxy groups -OCH3 is 2. The highest BCUT2D eigenvalue weighted by atomic mass is 35.5. The Morgan fingerprint density at radius 2 is 2.00 bits per heavy atom. The molecule has 140 valence electrons. The van der Waals surface area contributed by atoms with Crippen molar-refractivity contribution in [2.24, 2.45) is 0 Å². The number of ether oxygens (including phenoxy) is 2. The molecule has 0 spiro atoms. The van der Waals surface area contributed by atoms with E-state index in [1.165, 1.54) is 20.3 Å². The molecule has 0 saturated heterocycles. The van der Waals surface area contributed by atoms with Crippen molar-refractivity contribution in [2.75, 3.05) is 14.2 Å². The third kappa shape index (κ3) is 4.55. The summed E-state index contributed by atoms with van der Waals surface area (Å²) >= 11 is 5.76. The number of rotatable bonds is 6. The second-order valence-corrected chi connectivity index (χ2v) is 5.32. The van der Waals surface area contributed by atoms with E-state index in [1.54, 1.807) is 12.1 Å². The van der Waals surface area contributed by atoms with Gasteiger partial charge in [-0.05, 0) is 18.2 Å². The molecule has 1 aromatic carbocycles. The number of carbonyl (C=O) groups is 1. The molecule has 0 fully saturated rings. The van der Waals surface area contributed by atoms with Crippen molar-refractivity contribution in [3.63, 3.8) is 0 Å². The highest BCUT2D eigenvalue weighted by molar-refractivity contribution is 6.31. The summed E-state index contributed by atoms with van der Waals surface area (Å²) in [5.74, 6) is -0.0711. The van der Waals surface area contributed by atoms with Crippen molar-refractivity contribution < 1.29 is 32.3 Å². The first-order chi connectivity index (χ1) is 12.3. The molecule has 2 rings (SSSR count). The number of pyridine rings is 1. The van der Waals surface area contributed by atoms with Gasteiger partial charge in [0.2, 0.25) is 0 Å². The lowest BCUT2D eigenvalue weighted by Gasteiger charge is -2.13. The van der Waals surface area contributed by atoms with E-state index in [0.717, 1.165) is 6.07 Å². The van der Waals surface area contributed by atoms with Crippen LogP contribution in [0.2, 0.25) is 5.02 Å². The van der Waals surface area contributed by atoms with Crippen molar-refractivity contribution in [3.05, 3.63) is 52.3 Å². The van der Waals surface area contributed by atoms with Crippen molar-refractivity contribution in [3.8, 4) is 11.5 Å². The highest BCUT2D eigenvalue weighted by Gasteiger charge is 2.31. The van der Waals surface area contributed by atoms with E-state index in [1.807, 2.05) is 0 Å². The molecule has 2 aromatic rings. The van der Waals surface area contributed by atoms with Gasteiger partial charge >= 0.3 is 6.18 Å². The van der Waals surface area contributed by atoms with Gasteiger partial charge in [0, 0.05) is 6.20 Å². The monoisotopic (exact) mass is 390 g/mol. The lowest BCUT2D eigenvalue weighted by Crippen LogP contribution is -2.24. The number of amides is 1. The Morgan fingerprint density at radius 1 is 1.27 bits per heavy atom. The number of nitrogens with one attached hydrogen (secondary N) is 1. The predicted octanol–water partition coefficient (Wildman–Crippen LogP) is 3.63. The smallest absolute Gasteiger partial charge is 0.417 e. The van der Waals surface area contributed by atoms with E-state index < -0.39 is 17.6 Å². The molecule has 0 aliphatic heterocycles. The third-order valence-electron chi connectivity index (χ3n) is 3.27. The van der Waals surface area contributed by atoms with Gasteiger partial charge in [-0.1, -0.05) is 17.7 Å². The number of carbonyl (C=O) groups excluding carboxylic acids is 1. The largest absolute Gasteiger partial charge is 0.493 e. The Labute approximate surface area is 151 Å². The molecule has 0 aliphatic carbocycles. The predicted molar refractivity (Wildman–Crippen MR) is 86.1 cm³/mol. The Balaban J connectivity index is 2.03. The summed E-state index contributed by atoms with van der Waals surface area (Å²) in [6.45, 7) is -0.324. The van der Waals surface area contributed by atoms with Crippen molar-refractivity contribution in [1.29, 1.82) is 0 Å². The number of hydrogen-bond acceptors (Lipinski definition) is 5. The Hall–Kier alpha value is -2.52. The number of hydroxylamine groups is 1. The Kier molecular flexibility index (Phi) is 6.27. The summed E-state index contributed by atoms with van der Waals surface area (Å²) in [6, 6.07) is 5.43. The lowest BCUT2D eigenvalue weighted by molar-refractivity contribution is -0.137. The fraction of sp³-hybridized carbons (Fsp3) is 0.250. The number of halogens is 4. The standard InChI is InChI=1S/C16H14ClF3N2O4/c1-24-13-5-3-4-10(14(13)25-2)15(23)22-26-8-12-11(17)6-9(7-21-12)16(18,19)20/h3-7H,8H2,1-2H3,(H,22,23). The van der Waals surface area contributed by atoms with Crippen LogP contribution in [0.1, 0.15) is 21.6 Å². The van der Waals surface area contributed by atoms with E-state index in [9.17, 15) is 18.0 Å². The maximum Gasteiger partial charge on any atom is 0.417 e. The molecule has 0 saturated carbocycles. The van der Waals surface area contributed by atoms with Crippen LogP contribution in [0.25, 0.3) is 0 Å². The maximum atomic E-state index is 12.6. The van der Waals surface area contributed by atoms with Crippen molar-refractivity contribution in [2.45, 2.75) is 12.8 Å². The lowest BCUT2D eigenvalue weighted by atomic mass is 10.2. The number of hydrogen-bond donors (Lipinski definition) is 1. The number of alkyl halides is 3. The van der Waals surface area contributed by atoms with Gasteiger partial charge in [-0.2, -0.15) is 13.2 Å². The van der Waals surface area contributed by atoms with Crippen LogP contribution >= 0.6 is 11.6 Å². The summed E-state index contributed by atoms with van der Waals surface area (Å²) in [4.78, 5) is 20.8. The first-order valence-corrected chi connectivity index (χ1v) is 7.50. The van der Waals surface area contributed by atoms with Gasteiger partial charge in [0.05, 0.1) is 36.1 Å². The van der Waals surface area contributed by atoms with Crippen LogP contribution in [0.4, 0.5) is 13.2 Å². The number of nitrogens with zero attached hydrogens (tertiary/aromatic N) is 1. The Bertz CT molecular complexity index is 800. The van der Waals surface area contributed by atoms with Gasteiger partial charge in [-0.25, -0.2) is 5.48 Å². The second-order valence-electron chi connectivity index (χ2n) is 4.91. The molecule has 6 nitrogen and oxygen atoms in total. The van der Waals surface area contributed by atoms with Crippen LogP contribution in [-0.4, -0.2) is 25.1 Å². The van der Waals surface area contributed by atoms with Gasteiger partial charge in [0.25, 0.3) is 5.91 Å². The quantitative estimate of drug-likeness (QED) is 0.763. The zero-order valence-electron chi connectivity index (χ0n) is 13.7. The minimum Gasteiger partial charge on any atom is -0.493 e. The highest BCUT2D eigenvalue weighted by Crippen LogP contribution is 2.32. The molecule has 0 atom stereocenters. The van der Waals surface area contributed by atoms with Crippen LogP contribution in [0.3, 0.4) is 0 Å². The summed E-state index contributed by atoms with van der Waals surface area (Å²) in [5, 5.41) is -0.229. The van der Waals surface area contributed by atoms with E-state index in [2.05, 4.69) is 10.5 Å². The van der Waals surface area contributed by atoms with Gasteiger partial charge in [0.15, 0.2) is 11.5 Å². The summed E-state index contributed by atoms with van der Waals surface area (Å²) in [6.07, 6.45) is -3.91. The van der Waals surface area contributed by atoms with E-state index in [0.29, 0.717) is 11.9 Å². The molecular formula is C16H14ClF3N2O4. The van der Waals surface area contributed by atoms with Crippen molar-refractivity contribution in [1.82, 2.24) is 10.5 Å². The van der Waals surface area contributed by atoms with E-state index in [-0.39, 0.29) is 28.6 Å². The first kappa shape index (κ1) is 19.8. The van der Waals surface area contributed by atoms with Crippen molar-refractivity contribution >= 4 is 17.5 Å². The number of para-hydroxylation sites is 1. The van der Waals surface area contributed by atoms with E-state index in [4.69, 9.17) is 25.9 Å². The Morgan fingerprint density at radius 3 is 2.58 bits per heavy atom. The molecule has 10 heteroatoms. The molecule has 1 aromatic heterocycles. The normalized spacial score (nSPS) is 11.2. The zero-order chi connectivity index (χ0) is 19.3. The van der Waals surface area contributed by atoms with E-state index >= 15 is 0 Å². The summed E-state index contributed by atoms with van der Waals surface area (Å²) < 4.78 is 47.9. The molecule has 0 radical (unpaired) electrons. The SMILES string of the molecule is COc1cccc(C(=O)NOCc2ncc(C(F)(F)F)cc2Cl)c1OC. The van der Waals surface area contributed by atoms with Crippen LogP contribution in [0.15, 0.2) is 30.5 Å². The molecule has 1 amide bonds. The minimum absolute atomic E-state index is 0.0394. The van der Waals surface area contributed by atoms with Crippen LogP contribution in [0, 0.1) is 0 Å². The third-order valence-corrected chi connectivity index (χ3v) is 3.59. The van der Waals surface area contributed by atoms with Gasteiger partial charge in [-0.15, -0.1) is 0 Å². The molecule has 0 aliphatic rings. The van der Waals surface area contributed by atoms with Crippen LogP contribution in [-0.2, 0) is 17.6 Å². The van der Waals surface area contributed by atoms with Gasteiger partial charge in [0.1, 0.15) is 6.61 Å². The minimum atomic E-state index is -4.55. The molecular weight excluding hydrogens is 377 g/mol. The second kappa shape index (κ2) is 8.24. The maximum absolute atomic E-state index is 12.6. The zero-order valence-corrected chi connectivity index (χ0v) is 14.4. The molecule has 0 bridgehead atoms. The summed E-state index contributed by atoms with van der Waals surface area (Å²) in [5.41, 5.74) is 1.37. The fourth-order valence-electron chi connectivity index (χ4n) is 2.02. The number of benzene rings is 1. The fourth-order valence-corrected chi connectivity index (χ4v) is 2.24. The summed E-state index contributed by atoms with van der Waals surface area (Å²) in [7, 11) is 2.80. The number of aromatic nitrogens is 1. The molecule has 26 heavy (non-hydrogen) atoms. The molecule has 1 N–H and O–H groups in total. The topological polar surface area (TPSA) is 69.7 Å². The average molecular weight is 391 g/mol. The van der Waals surface area contributed by atoms with Gasteiger partial charge < -0.3 is 9.47 Å². The average Bonchev–Trinajstić information content (AvgIpc) is 2.61. The first-order valence-electron chi connectivity index (χ1n) is 7.12. The van der Waals surface area contributed by atoms with Crippen LogP contribution in [0.5, 0.6) is 11.5 Å². The molecule has 0 unspecified atom stereocenters. The van der Waals surface area contributed by atoms with Crippen LogP contribution < -0.4 is 15.0 Å². The van der Waals surface area contributed by atoms with Gasteiger partial charge in [-0.3, -0.25) is 14.6 Å².